The maximum Gasteiger partial charge on any atom is 0.191 e. The second-order valence-electron chi connectivity index (χ2n) is 8.50. The Morgan fingerprint density at radius 2 is 1.85 bits per heavy atom. The van der Waals surface area contributed by atoms with Crippen LogP contribution in [0.1, 0.15) is 33.1 Å². The van der Waals surface area contributed by atoms with Crippen LogP contribution in [-0.4, -0.2) is 50.9 Å². The van der Waals surface area contributed by atoms with Gasteiger partial charge in [-0.05, 0) is 31.4 Å². The van der Waals surface area contributed by atoms with Crippen LogP contribution in [0.2, 0.25) is 0 Å². The summed E-state index contributed by atoms with van der Waals surface area (Å²) in [7, 11) is 1.88. The fourth-order valence-electron chi connectivity index (χ4n) is 5.05. The topological polar surface area (TPSA) is 48.9 Å². The third-order valence-electron chi connectivity index (χ3n) is 6.57. The molecule has 3 fully saturated rings. The Morgan fingerprint density at radius 1 is 1.12 bits per heavy atom. The summed E-state index contributed by atoms with van der Waals surface area (Å²) in [6.45, 7) is 7.70. The molecule has 1 saturated carbocycles. The molecule has 2 aliphatic heterocycles. The first-order valence-electron chi connectivity index (χ1n) is 10.0. The summed E-state index contributed by atoms with van der Waals surface area (Å²) in [6.07, 6.45) is 3.85. The second-order valence-corrected chi connectivity index (χ2v) is 8.50. The summed E-state index contributed by atoms with van der Waals surface area (Å²) in [5.74, 6) is 1.58. The minimum absolute atomic E-state index is 0.176. The molecule has 142 valence electrons. The van der Waals surface area contributed by atoms with Crippen molar-refractivity contribution in [1.29, 1.82) is 0 Å². The maximum absolute atomic E-state index is 5.91. The van der Waals surface area contributed by atoms with E-state index in [9.17, 15) is 0 Å². The molecular formula is C21H32N4O. The van der Waals surface area contributed by atoms with E-state index in [0.717, 1.165) is 44.9 Å². The molecule has 1 aromatic carbocycles. The summed E-state index contributed by atoms with van der Waals surface area (Å²) in [5.41, 5.74) is 1.51. The van der Waals surface area contributed by atoms with Crippen LogP contribution in [-0.2, 0) is 4.74 Å². The number of nitrogens with zero attached hydrogens (tertiary/aromatic N) is 2. The van der Waals surface area contributed by atoms with Crippen molar-refractivity contribution in [2.24, 2.45) is 16.3 Å². The fourth-order valence-corrected chi connectivity index (χ4v) is 5.05. The van der Waals surface area contributed by atoms with Crippen molar-refractivity contribution in [2.45, 2.75) is 51.3 Å². The maximum atomic E-state index is 5.91. The molecule has 3 aliphatic rings. The predicted octanol–water partition coefficient (Wildman–Crippen LogP) is 2.63. The lowest BCUT2D eigenvalue weighted by Crippen LogP contribution is -2.68. The number of fused-ring (bicyclic) bond motifs is 1. The van der Waals surface area contributed by atoms with Crippen molar-refractivity contribution in [2.75, 3.05) is 31.6 Å². The third kappa shape index (κ3) is 3.18. The van der Waals surface area contributed by atoms with Crippen molar-refractivity contribution in [3.8, 4) is 0 Å². The molecule has 4 rings (SSSR count). The van der Waals surface area contributed by atoms with E-state index in [0.29, 0.717) is 24.1 Å². The van der Waals surface area contributed by atoms with Gasteiger partial charge in [0.15, 0.2) is 5.96 Å². The van der Waals surface area contributed by atoms with E-state index in [1.54, 1.807) is 0 Å². The molecular weight excluding hydrogens is 324 g/mol. The number of rotatable bonds is 3. The highest BCUT2D eigenvalue weighted by atomic mass is 16.5. The summed E-state index contributed by atoms with van der Waals surface area (Å²) < 4.78 is 5.91. The zero-order valence-corrected chi connectivity index (χ0v) is 16.2. The van der Waals surface area contributed by atoms with Crippen molar-refractivity contribution in [3.05, 3.63) is 30.3 Å². The molecule has 2 saturated heterocycles. The van der Waals surface area contributed by atoms with Crippen LogP contribution in [0.3, 0.4) is 0 Å². The van der Waals surface area contributed by atoms with E-state index >= 15 is 0 Å². The van der Waals surface area contributed by atoms with Crippen molar-refractivity contribution in [1.82, 2.24) is 10.6 Å². The van der Waals surface area contributed by atoms with Gasteiger partial charge in [-0.2, -0.15) is 0 Å². The minimum atomic E-state index is 0.176. The van der Waals surface area contributed by atoms with Gasteiger partial charge in [-0.15, -0.1) is 0 Å². The van der Waals surface area contributed by atoms with E-state index < -0.39 is 0 Å². The van der Waals surface area contributed by atoms with Crippen molar-refractivity contribution < 1.29 is 4.74 Å². The van der Waals surface area contributed by atoms with Gasteiger partial charge in [0.05, 0.1) is 6.10 Å². The second kappa shape index (κ2) is 7.10. The first-order chi connectivity index (χ1) is 12.6. The average molecular weight is 357 g/mol. The van der Waals surface area contributed by atoms with E-state index in [1.165, 1.54) is 5.69 Å². The lowest BCUT2D eigenvalue weighted by atomic mass is 9.57. The molecule has 0 aromatic heterocycles. The van der Waals surface area contributed by atoms with E-state index in [4.69, 9.17) is 4.74 Å². The van der Waals surface area contributed by atoms with Crippen LogP contribution in [0.4, 0.5) is 5.69 Å². The van der Waals surface area contributed by atoms with Crippen molar-refractivity contribution in [3.63, 3.8) is 0 Å². The van der Waals surface area contributed by atoms with Gasteiger partial charge in [-0.25, -0.2) is 0 Å². The minimum Gasteiger partial charge on any atom is -0.377 e. The van der Waals surface area contributed by atoms with Crippen LogP contribution in [0, 0.1) is 11.3 Å². The summed E-state index contributed by atoms with van der Waals surface area (Å²) in [6, 6.07) is 11.7. The van der Waals surface area contributed by atoms with Gasteiger partial charge >= 0.3 is 0 Å². The molecule has 3 unspecified atom stereocenters. The van der Waals surface area contributed by atoms with Crippen LogP contribution < -0.4 is 15.5 Å². The molecule has 2 heterocycles. The van der Waals surface area contributed by atoms with Gasteiger partial charge in [-0.1, -0.05) is 32.0 Å². The smallest absolute Gasteiger partial charge is 0.191 e. The number of anilines is 1. The number of ether oxygens (including phenoxy) is 1. The van der Waals surface area contributed by atoms with Crippen LogP contribution in [0.15, 0.2) is 35.3 Å². The van der Waals surface area contributed by atoms with Gasteiger partial charge in [0.2, 0.25) is 0 Å². The Hall–Kier alpha value is -1.75. The van der Waals surface area contributed by atoms with Gasteiger partial charge in [-0.3, -0.25) is 4.99 Å². The Kier molecular flexibility index (Phi) is 4.82. The van der Waals surface area contributed by atoms with Crippen LogP contribution >= 0.6 is 0 Å². The first kappa shape index (κ1) is 17.7. The molecule has 5 nitrogen and oxygen atoms in total. The molecule has 26 heavy (non-hydrogen) atoms. The lowest BCUT2D eigenvalue weighted by molar-refractivity contribution is -0.106. The number of piperidine rings is 1. The number of hydrogen-bond acceptors (Lipinski definition) is 3. The molecule has 0 bridgehead atoms. The molecule has 3 atom stereocenters. The molecule has 1 aliphatic carbocycles. The third-order valence-corrected chi connectivity index (χ3v) is 6.57. The molecule has 0 radical (unpaired) electrons. The predicted molar refractivity (Wildman–Crippen MR) is 107 cm³/mol. The molecule has 0 amide bonds. The largest absolute Gasteiger partial charge is 0.377 e. The van der Waals surface area contributed by atoms with Crippen molar-refractivity contribution >= 4 is 11.6 Å². The number of benzene rings is 1. The number of para-hydroxylation sites is 1. The highest BCUT2D eigenvalue weighted by Gasteiger charge is 2.59. The highest BCUT2D eigenvalue weighted by molar-refractivity contribution is 5.80. The molecule has 2 N–H and O–H groups in total. The quantitative estimate of drug-likeness (QED) is 0.646. The SMILES string of the molecule is CN=C(NC1CCN(c2ccccc2)CC1)NC1C2CCOC2C1(C)C. The Balaban J connectivity index is 1.30. The standard InChI is InChI=1S/C21H32N4O/c1-21(2)18(17-11-14-26-19(17)21)24-20(22-3)23-15-9-12-25(13-10-15)16-7-5-4-6-8-16/h4-8,15,17-19H,9-14H2,1-3H3,(H2,22,23,24). The van der Waals surface area contributed by atoms with Gasteiger partial charge < -0.3 is 20.3 Å². The zero-order valence-electron chi connectivity index (χ0n) is 16.2. The molecule has 0 spiro atoms. The zero-order chi connectivity index (χ0) is 18.1. The monoisotopic (exact) mass is 356 g/mol. The van der Waals surface area contributed by atoms with E-state index in [2.05, 4.69) is 64.7 Å². The summed E-state index contributed by atoms with van der Waals surface area (Å²) >= 11 is 0. The first-order valence-corrected chi connectivity index (χ1v) is 10.0. The Morgan fingerprint density at radius 3 is 2.54 bits per heavy atom. The fraction of sp³-hybridized carbons (Fsp3) is 0.667. The Labute approximate surface area is 157 Å². The normalized spacial score (nSPS) is 31.3. The number of aliphatic imine (C=N–C) groups is 1. The number of guanidine groups is 1. The van der Waals surface area contributed by atoms with Gasteiger partial charge in [0, 0.05) is 55.8 Å². The van der Waals surface area contributed by atoms with Crippen LogP contribution in [0.25, 0.3) is 0 Å². The molecule has 1 aromatic rings. The van der Waals surface area contributed by atoms with Gasteiger partial charge in [0.25, 0.3) is 0 Å². The van der Waals surface area contributed by atoms with E-state index in [1.807, 2.05) is 7.05 Å². The van der Waals surface area contributed by atoms with E-state index in [-0.39, 0.29) is 5.41 Å². The summed E-state index contributed by atoms with van der Waals surface area (Å²) in [5, 5.41) is 7.37. The Bertz CT molecular complexity index is 637. The van der Waals surface area contributed by atoms with Gasteiger partial charge in [0.1, 0.15) is 0 Å². The van der Waals surface area contributed by atoms with Crippen LogP contribution in [0.5, 0.6) is 0 Å². The number of hydrogen-bond donors (Lipinski definition) is 2. The average Bonchev–Trinajstić information content (AvgIpc) is 3.13. The lowest BCUT2D eigenvalue weighted by Gasteiger charge is -2.55. The highest BCUT2D eigenvalue weighted by Crippen LogP contribution is 2.52. The number of nitrogens with one attached hydrogen (secondary N) is 2. The molecule has 5 heteroatoms. The summed E-state index contributed by atoms with van der Waals surface area (Å²) in [4.78, 5) is 6.98.